The molecule has 1 aromatic carbocycles. The van der Waals surface area contributed by atoms with Crippen molar-refractivity contribution in [2.75, 3.05) is 18.0 Å². The summed E-state index contributed by atoms with van der Waals surface area (Å²) in [6.07, 6.45) is 4.81. The summed E-state index contributed by atoms with van der Waals surface area (Å²) in [5.74, 6) is 0.663. The maximum Gasteiger partial charge on any atom is 0.146 e. The van der Waals surface area contributed by atoms with Gasteiger partial charge in [-0.25, -0.2) is 4.39 Å². The molecule has 100 valence electrons. The molecule has 3 heteroatoms. The number of rotatable bonds is 3. The first-order valence-corrected chi connectivity index (χ1v) is 6.98. The van der Waals surface area contributed by atoms with Crippen LogP contribution in [0, 0.1) is 11.7 Å². The predicted octanol–water partition coefficient (Wildman–Crippen LogP) is 3.30. The van der Waals surface area contributed by atoms with E-state index in [2.05, 4.69) is 11.8 Å². The zero-order valence-corrected chi connectivity index (χ0v) is 11.2. The second kappa shape index (κ2) is 6.19. The van der Waals surface area contributed by atoms with Crippen LogP contribution in [0.2, 0.25) is 0 Å². The van der Waals surface area contributed by atoms with Gasteiger partial charge in [0.15, 0.2) is 0 Å². The lowest BCUT2D eigenvalue weighted by Crippen LogP contribution is -2.27. The molecule has 0 spiro atoms. The van der Waals surface area contributed by atoms with Crippen molar-refractivity contribution in [3.8, 4) is 0 Å². The summed E-state index contributed by atoms with van der Waals surface area (Å²) in [6.45, 7) is 4.55. The molecular weight excluding hydrogens is 227 g/mol. The second-order valence-corrected chi connectivity index (χ2v) is 5.14. The van der Waals surface area contributed by atoms with E-state index in [1.807, 2.05) is 6.07 Å². The molecule has 1 heterocycles. The molecule has 1 saturated heterocycles. The van der Waals surface area contributed by atoms with Crippen LogP contribution < -0.4 is 10.6 Å². The van der Waals surface area contributed by atoms with Gasteiger partial charge in [-0.2, -0.15) is 0 Å². The lowest BCUT2D eigenvalue weighted by Gasteiger charge is -2.25. The Labute approximate surface area is 109 Å². The van der Waals surface area contributed by atoms with Crippen LogP contribution in [0.5, 0.6) is 0 Å². The van der Waals surface area contributed by atoms with Gasteiger partial charge in [0.25, 0.3) is 0 Å². The molecule has 1 aliphatic rings. The fourth-order valence-electron chi connectivity index (χ4n) is 2.88. The fourth-order valence-corrected chi connectivity index (χ4v) is 2.88. The van der Waals surface area contributed by atoms with Gasteiger partial charge >= 0.3 is 0 Å². The van der Waals surface area contributed by atoms with Gasteiger partial charge in [-0.15, -0.1) is 0 Å². The summed E-state index contributed by atoms with van der Waals surface area (Å²) < 4.78 is 14.0. The highest BCUT2D eigenvalue weighted by Gasteiger charge is 2.20. The molecule has 0 saturated carbocycles. The average molecular weight is 250 g/mol. The van der Waals surface area contributed by atoms with Crippen LogP contribution in [-0.4, -0.2) is 13.1 Å². The third kappa shape index (κ3) is 2.83. The Balaban J connectivity index is 2.20. The van der Waals surface area contributed by atoms with Gasteiger partial charge in [-0.1, -0.05) is 25.5 Å². The minimum absolute atomic E-state index is 0.132. The van der Waals surface area contributed by atoms with E-state index < -0.39 is 0 Å². The summed E-state index contributed by atoms with van der Waals surface area (Å²) in [6, 6.07) is 5.21. The molecule has 0 radical (unpaired) electrons. The van der Waals surface area contributed by atoms with Crippen LogP contribution in [0.25, 0.3) is 0 Å². The maximum absolute atomic E-state index is 14.0. The average Bonchev–Trinajstić information content (AvgIpc) is 2.63. The molecule has 2 nitrogen and oxygen atoms in total. The van der Waals surface area contributed by atoms with E-state index in [0.717, 1.165) is 43.1 Å². The van der Waals surface area contributed by atoms with Gasteiger partial charge in [0.05, 0.1) is 5.69 Å². The molecule has 1 aromatic rings. The van der Waals surface area contributed by atoms with E-state index in [1.165, 1.54) is 18.9 Å². The highest BCUT2D eigenvalue weighted by molar-refractivity contribution is 5.55. The minimum Gasteiger partial charge on any atom is -0.369 e. The number of anilines is 1. The highest BCUT2D eigenvalue weighted by atomic mass is 19.1. The van der Waals surface area contributed by atoms with Gasteiger partial charge in [-0.3, -0.25) is 0 Å². The van der Waals surface area contributed by atoms with Crippen LogP contribution in [0.3, 0.4) is 0 Å². The molecule has 2 N–H and O–H groups in total. The first-order chi connectivity index (χ1) is 8.76. The van der Waals surface area contributed by atoms with Crippen LogP contribution in [0.1, 0.15) is 38.2 Å². The van der Waals surface area contributed by atoms with E-state index in [1.54, 1.807) is 6.07 Å². The van der Waals surface area contributed by atoms with Gasteiger partial charge in [0, 0.05) is 19.6 Å². The molecule has 0 amide bonds. The molecule has 1 aliphatic heterocycles. The Morgan fingerprint density at radius 3 is 2.89 bits per heavy atom. The number of nitrogens with two attached hydrogens (primary N) is 1. The van der Waals surface area contributed by atoms with Crippen molar-refractivity contribution in [2.45, 2.75) is 39.2 Å². The van der Waals surface area contributed by atoms with Crippen LogP contribution in [0.15, 0.2) is 18.2 Å². The summed E-state index contributed by atoms with van der Waals surface area (Å²) in [5, 5.41) is 0. The molecule has 18 heavy (non-hydrogen) atoms. The topological polar surface area (TPSA) is 29.3 Å². The normalized spacial score (nSPS) is 20.8. The summed E-state index contributed by atoms with van der Waals surface area (Å²) in [4.78, 5) is 2.19. The molecule has 1 fully saturated rings. The van der Waals surface area contributed by atoms with Crippen molar-refractivity contribution in [2.24, 2.45) is 11.7 Å². The van der Waals surface area contributed by atoms with Gasteiger partial charge in [-0.05, 0) is 36.8 Å². The summed E-state index contributed by atoms with van der Waals surface area (Å²) in [7, 11) is 0. The molecular formula is C15H23FN2. The molecule has 0 aliphatic carbocycles. The lowest BCUT2D eigenvalue weighted by molar-refractivity contribution is 0.459. The molecule has 0 aromatic heterocycles. The quantitative estimate of drug-likeness (QED) is 0.892. The van der Waals surface area contributed by atoms with Gasteiger partial charge in [0.2, 0.25) is 0 Å². The van der Waals surface area contributed by atoms with Crippen molar-refractivity contribution in [1.29, 1.82) is 0 Å². The zero-order valence-electron chi connectivity index (χ0n) is 11.2. The molecule has 0 bridgehead atoms. The third-order valence-corrected chi connectivity index (χ3v) is 4.03. The van der Waals surface area contributed by atoms with E-state index >= 15 is 0 Å². The first kappa shape index (κ1) is 13.3. The number of halogens is 1. The van der Waals surface area contributed by atoms with Gasteiger partial charge < -0.3 is 10.6 Å². The van der Waals surface area contributed by atoms with E-state index in [4.69, 9.17) is 5.73 Å². The Bertz CT molecular complexity index is 392. The van der Waals surface area contributed by atoms with Crippen LogP contribution >= 0.6 is 0 Å². The summed E-state index contributed by atoms with van der Waals surface area (Å²) >= 11 is 0. The third-order valence-electron chi connectivity index (χ3n) is 4.03. The van der Waals surface area contributed by atoms with Crippen molar-refractivity contribution < 1.29 is 4.39 Å². The van der Waals surface area contributed by atoms with Crippen LogP contribution in [0.4, 0.5) is 10.1 Å². The Morgan fingerprint density at radius 2 is 2.17 bits per heavy atom. The maximum atomic E-state index is 14.0. The Hall–Kier alpha value is -1.09. The number of nitrogens with zero attached hydrogens (tertiary/aromatic N) is 1. The predicted molar refractivity (Wildman–Crippen MR) is 74.1 cm³/mol. The molecule has 2 rings (SSSR count). The molecule has 1 unspecified atom stereocenters. The van der Waals surface area contributed by atoms with Crippen molar-refractivity contribution >= 4 is 5.69 Å². The largest absolute Gasteiger partial charge is 0.369 e. The second-order valence-electron chi connectivity index (χ2n) is 5.14. The van der Waals surface area contributed by atoms with Crippen molar-refractivity contribution in [3.63, 3.8) is 0 Å². The summed E-state index contributed by atoms with van der Waals surface area (Å²) in [5.41, 5.74) is 7.38. The fraction of sp³-hybridized carbons (Fsp3) is 0.600. The first-order valence-electron chi connectivity index (χ1n) is 6.98. The zero-order chi connectivity index (χ0) is 13.0. The van der Waals surface area contributed by atoms with Gasteiger partial charge in [0.1, 0.15) is 5.82 Å². The number of hydrogen-bond donors (Lipinski definition) is 1. The minimum atomic E-state index is -0.132. The lowest BCUT2D eigenvalue weighted by atomic mass is 9.98. The smallest absolute Gasteiger partial charge is 0.146 e. The highest BCUT2D eigenvalue weighted by Crippen LogP contribution is 2.29. The monoisotopic (exact) mass is 250 g/mol. The number of hydrogen-bond acceptors (Lipinski definition) is 2. The SMILES string of the molecule is CCC1CCCN(c2c(F)cccc2CN)CC1. The number of benzene rings is 1. The Kier molecular flexibility index (Phi) is 4.59. The van der Waals surface area contributed by atoms with Crippen LogP contribution in [-0.2, 0) is 6.54 Å². The van der Waals surface area contributed by atoms with Crippen molar-refractivity contribution in [1.82, 2.24) is 0 Å². The number of para-hydroxylation sites is 1. The van der Waals surface area contributed by atoms with E-state index in [9.17, 15) is 4.39 Å². The Morgan fingerprint density at radius 1 is 1.33 bits per heavy atom. The van der Waals surface area contributed by atoms with E-state index in [-0.39, 0.29) is 5.82 Å². The van der Waals surface area contributed by atoms with Crippen molar-refractivity contribution in [3.05, 3.63) is 29.6 Å². The molecule has 1 atom stereocenters. The van der Waals surface area contributed by atoms with E-state index in [0.29, 0.717) is 6.54 Å². The standard InChI is InChI=1S/C15H23FN2/c1-2-12-5-4-9-18(10-8-12)15-13(11-17)6-3-7-14(15)16/h3,6-7,12H,2,4-5,8-11,17H2,1H3.